The van der Waals surface area contributed by atoms with E-state index in [1.807, 2.05) is 40.6 Å². The summed E-state index contributed by atoms with van der Waals surface area (Å²) in [5, 5.41) is 8.99. The Morgan fingerprint density at radius 1 is 1.11 bits per heavy atom. The molecule has 0 saturated carbocycles. The fourth-order valence-corrected chi connectivity index (χ4v) is 4.59. The molecule has 0 aliphatic carbocycles. The van der Waals surface area contributed by atoms with Crippen LogP contribution in [0.25, 0.3) is 5.65 Å². The third-order valence-electron chi connectivity index (χ3n) is 5.21. The van der Waals surface area contributed by atoms with E-state index in [1.54, 1.807) is 0 Å². The van der Waals surface area contributed by atoms with Gasteiger partial charge in [0, 0.05) is 19.3 Å². The van der Waals surface area contributed by atoms with Crippen LogP contribution in [0, 0.1) is 5.92 Å². The Morgan fingerprint density at radius 2 is 1.85 bits per heavy atom. The van der Waals surface area contributed by atoms with Gasteiger partial charge in [-0.15, -0.1) is 10.2 Å². The Bertz CT molecular complexity index is 903. The van der Waals surface area contributed by atoms with Crippen LogP contribution < -0.4 is 0 Å². The molecule has 1 saturated heterocycles. The van der Waals surface area contributed by atoms with Gasteiger partial charge in [0.2, 0.25) is 5.91 Å². The molecule has 0 N–H and O–H groups in total. The van der Waals surface area contributed by atoms with Crippen molar-refractivity contribution in [1.82, 2.24) is 19.5 Å². The van der Waals surface area contributed by atoms with Gasteiger partial charge in [0.1, 0.15) is 0 Å². The number of hydrogen-bond acceptors (Lipinski definition) is 4. The molecule has 0 spiro atoms. The zero-order valence-electron chi connectivity index (χ0n) is 15.5. The van der Waals surface area contributed by atoms with E-state index in [2.05, 4.69) is 40.5 Å². The number of nitrogens with zero attached hydrogens (tertiary/aromatic N) is 4. The van der Waals surface area contributed by atoms with Gasteiger partial charge >= 0.3 is 0 Å². The first-order valence-corrected chi connectivity index (χ1v) is 10.4. The molecule has 1 amide bonds. The van der Waals surface area contributed by atoms with Gasteiger partial charge in [-0.05, 0) is 49.8 Å². The molecule has 1 aliphatic rings. The zero-order valence-corrected chi connectivity index (χ0v) is 16.3. The van der Waals surface area contributed by atoms with Gasteiger partial charge in [0.15, 0.2) is 10.8 Å². The summed E-state index contributed by atoms with van der Waals surface area (Å²) in [6.07, 6.45) is 5.20. The molecule has 6 heteroatoms. The summed E-state index contributed by atoms with van der Waals surface area (Å²) < 4.78 is 1.93. The van der Waals surface area contributed by atoms with Crippen molar-refractivity contribution in [2.24, 2.45) is 5.92 Å². The van der Waals surface area contributed by atoms with Crippen molar-refractivity contribution in [2.45, 2.75) is 36.6 Å². The highest BCUT2D eigenvalue weighted by Gasteiger charge is 2.27. The van der Waals surface area contributed by atoms with Crippen LogP contribution in [0.1, 0.15) is 25.3 Å². The van der Waals surface area contributed by atoms with Gasteiger partial charge in [-0.3, -0.25) is 9.20 Å². The van der Waals surface area contributed by atoms with Crippen LogP contribution >= 0.6 is 11.8 Å². The molecule has 2 aromatic heterocycles. The molecule has 1 aliphatic heterocycles. The highest BCUT2D eigenvalue weighted by Crippen LogP contribution is 2.26. The molecular weight excluding hydrogens is 356 g/mol. The number of carbonyl (C=O) groups is 1. The Balaban J connectivity index is 1.32. The van der Waals surface area contributed by atoms with Gasteiger partial charge in [0.25, 0.3) is 0 Å². The van der Waals surface area contributed by atoms with E-state index in [0.717, 1.165) is 43.2 Å². The van der Waals surface area contributed by atoms with Crippen molar-refractivity contribution in [3.05, 3.63) is 60.3 Å². The van der Waals surface area contributed by atoms with Crippen LogP contribution in [0.15, 0.2) is 59.9 Å². The number of piperidine rings is 1. The highest BCUT2D eigenvalue weighted by atomic mass is 32.2. The summed E-state index contributed by atoms with van der Waals surface area (Å²) in [5.74, 6) is 0.866. The minimum Gasteiger partial charge on any atom is -0.342 e. The summed E-state index contributed by atoms with van der Waals surface area (Å²) in [4.78, 5) is 14.9. The van der Waals surface area contributed by atoms with Gasteiger partial charge in [-0.25, -0.2) is 0 Å². The summed E-state index contributed by atoms with van der Waals surface area (Å²) in [7, 11) is 0. The number of rotatable bonds is 5. The third kappa shape index (κ3) is 4.16. The molecule has 1 atom stereocenters. The Morgan fingerprint density at radius 3 is 2.63 bits per heavy atom. The number of pyridine rings is 1. The van der Waals surface area contributed by atoms with Gasteiger partial charge in [-0.2, -0.15) is 0 Å². The van der Waals surface area contributed by atoms with Crippen LogP contribution in [0.3, 0.4) is 0 Å². The quantitative estimate of drug-likeness (QED) is 0.634. The number of likely N-dealkylation sites (tertiary alicyclic amines) is 1. The van der Waals surface area contributed by atoms with Crippen LogP contribution in [0.5, 0.6) is 0 Å². The standard InChI is InChI=1S/C21H24N4OS/c1-16(27-21-23-22-19-9-5-6-12-25(19)21)20(26)24-13-10-18(11-14-24)15-17-7-3-2-4-8-17/h2-9,12,16,18H,10-11,13-15H2,1H3/t16-/m0/s1. The maximum absolute atomic E-state index is 12.9. The molecule has 27 heavy (non-hydrogen) atoms. The van der Waals surface area contributed by atoms with Gasteiger partial charge in [-0.1, -0.05) is 48.2 Å². The first kappa shape index (κ1) is 18.0. The molecule has 4 rings (SSSR count). The zero-order chi connectivity index (χ0) is 18.6. The number of benzene rings is 1. The van der Waals surface area contributed by atoms with E-state index in [1.165, 1.54) is 17.3 Å². The normalized spacial score (nSPS) is 16.6. The van der Waals surface area contributed by atoms with Crippen molar-refractivity contribution in [3.63, 3.8) is 0 Å². The Labute approximate surface area is 163 Å². The van der Waals surface area contributed by atoms with E-state index >= 15 is 0 Å². The lowest BCUT2D eigenvalue weighted by Gasteiger charge is -2.33. The third-order valence-corrected chi connectivity index (χ3v) is 6.25. The van der Waals surface area contributed by atoms with Crippen molar-refractivity contribution in [3.8, 4) is 0 Å². The van der Waals surface area contributed by atoms with E-state index < -0.39 is 0 Å². The molecule has 3 aromatic rings. The summed E-state index contributed by atoms with van der Waals surface area (Å²) in [6.45, 7) is 3.66. The second kappa shape index (κ2) is 8.13. The molecule has 1 fully saturated rings. The maximum atomic E-state index is 12.9. The van der Waals surface area contributed by atoms with Crippen LogP contribution in [0.4, 0.5) is 0 Å². The fourth-order valence-electron chi connectivity index (χ4n) is 3.67. The summed E-state index contributed by atoms with van der Waals surface area (Å²) in [6, 6.07) is 16.4. The van der Waals surface area contributed by atoms with Crippen molar-refractivity contribution >= 4 is 23.3 Å². The van der Waals surface area contributed by atoms with E-state index in [9.17, 15) is 4.79 Å². The Kier molecular flexibility index (Phi) is 5.43. The van der Waals surface area contributed by atoms with E-state index in [-0.39, 0.29) is 11.2 Å². The molecule has 0 unspecified atom stereocenters. The lowest BCUT2D eigenvalue weighted by Crippen LogP contribution is -2.42. The highest BCUT2D eigenvalue weighted by molar-refractivity contribution is 8.00. The van der Waals surface area contributed by atoms with Crippen molar-refractivity contribution in [2.75, 3.05) is 13.1 Å². The molecule has 5 nitrogen and oxygen atoms in total. The van der Waals surface area contributed by atoms with E-state index in [4.69, 9.17) is 0 Å². The lowest BCUT2D eigenvalue weighted by atomic mass is 9.90. The minimum atomic E-state index is -0.164. The topological polar surface area (TPSA) is 50.5 Å². The SMILES string of the molecule is C[C@H](Sc1nnc2ccccn12)C(=O)N1CCC(Cc2ccccc2)CC1. The van der Waals surface area contributed by atoms with Gasteiger partial charge < -0.3 is 4.90 Å². The second-order valence-electron chi connectivity index (χ2n) is 7.13. The first-order chi connectivity index (χ1) is 13.2. The minimum absolute atomic E-state index is 0.164. The predicted molar refractivity (Wildman–Crippen MR) is 108 cm³/mol. The monoisotopic (exact) mass is 380 g/mol. The van der Waals surface area contributed by atoms with E-state index in [0.29, 0.717) is 5.92 Å². The smallest absolute Gasteiger partial charge is 0.235 e. The number of carbonyl (C=O) groups excluding carboxylic acids is 1. The molecular formula is C21H24N4OS. The summed E-state index contributed by atoms with van der Waals surface area (Å²) in [5.41, 5.74) is 2.20. The fraction of sp³-hybridized carbons (Fsp3) is 0.381. The number of hydrogen-bond donors (Lipinski definition) is 0. The average molecular weight is 381 g/mol. The number of aromatic nitrogens is 3. The second-order valence-corrected chi connectivity index (χ2v) is 8.44. The van der Waals surface area contributed by atoms with Crippen LogP contribution in [0.2, 0.25) is 0 Å². The molecule has 1 aromatic carbocycles. The Hall–Kier alpha value is -2.34. The van der Waals surface area contributed by atoms with Crippen LogP contribution in [-0.4, -0.2) is 43.7 Å². The maximum Gasteiger partial charge on any atom is 0.235 e. The number of amides is 1. The number of fused-ring (bicyclic) bond motifs is 1. The first-order valence-electron chi connectivity index (χ1n) is 9.50. The van der Waals surface area contributed by atoms with Crippen molar-refractivity contribution < 1.29 is 4.79 Å². The largest absolute Gasteiger partial charge is 0.342 e. The average Bonchev–Trinajstić information content (AvgIpc) is 3.12. The van der Waals surface area contributed by atoms with Gasteiger partial charge in [0.05, 0.1) is 5.25 Å². The summed E-state index contributed by atoms with van der Waals surface area (Å²) >= 11 is 1.48. The molecule has 0 bridgehead atoms. The molecule has 3 heterocycles. The number of thioether (sulfide) groups is 1. The molecule has 140 valence electrons. The predicted octanol–water partition coefficient (Wildman–Crippen LogP) is 3.69. The van der Waals surface area contributed by atoms with Crippen LogP contribution in [-0.2, 0) is 11.2 Å². The lowest BCUT2D eigenvalue weighted by molar-refractivity contribution is -0.131. The molecule has 0 radical (unpaired) electrons. The van der Waals surface area contributed by atoms with Crippen molar-refractivity contribution in [1.29, 1.82) is 0 Å².